The molecule has 5 rings (SSSR count). The third-order valence-corrected chi connectivity index (χ3v) is 8.38. The van der Waals surface area contributed by atoms with Crippen LogP contribution in [0, 0.1) is 0 Å². The third-order valence-electron chi connectivity index (χ3n) is 8.05. The van der Waals surface area contributed by atoms with Crippen molar-refractivity contribution in [2.24, 2.45) is 0 Å². The van der Waals surface area contributed by atoms with Gasteiger partial charge in [0, 0.05) is 51.1 Å². The van der Waals surface area contributed by atoms with Gasteiger partial charge in [-0.25, -0.2) is 0 Å². The summed E-state index contributed by atoms with van der Waals surface area (Å²) in [6, 6.07) is 32.0. The molecule has 1 atom stereocenters. The molecule has 4 aromatic carbocycles. The first-order valence-electron chi connectivity index (χ1n) is 14.9. The van der Waals surface area contributed by atoms with Crippen LogP contribution in [0.3, 0.4) is 0 Å². The van der Waals surface area contributed by atoms with E-state index in [9.17, 15) is 14.4 Å². The molecule has 1 aliphatic heterocycles. The smallest absolute Gasteiger partial charge is 0.257 e. The van der Waals surface area contributed by atoms with E-state index in [1.807, 2.05) is 78.6 Å². The van der Waals surface area contributed by atoms with Crippen molar-refractivity contribution in [3.8, 4) is 0 Å². The van der Waals surface area contributed by atoms with E-state index in [1.54, 1.807) is 48.3 Å². The predicted octanol–water partition coefficient (Wildman–Crippen LogP) is 6.71. The van der Waals surface area contributed by atoms with Crippen molar-refractivity contribution in [1.29, 1.82) is 0 Å². The van der Waals surface area contributed by atoms with Crippen LogP contribution in [0.2, 0.25) is 5.02 Å². The summed E-state index contributed by atoms with van der Waals surface area (Å²) in [5, 5.41) is 3.26. The number of rotatable bonds is 9. The van der Waals surface area contributed by atoms with E-state index in [0.717, 1.165) is 23.2 Å². The minimum Gasteiger partial charge on any atom is -0.367 e. The molecule has 3 amide bonds. The number of piperazine rings is 1. The molecule has 1 saturated heterocycles. The summed E-state index contributed by atoms with van der Waals surface area (Å²) in [7, 11) is 1.78. The number of carbonyl (C=O) groups is 3. The van der Waals surface area contributed by atoms with Gasteiger partial charge in [0.1, 0.15) is 0 Å². The molecule has 1 heterocycles. The molecule has 1 N–H and O–H groups in total. The highest BCUT2D eigenvalue weighted by Gasteiger charge is 2.29. The zero-order chi connectivity index (χ0) is 31.1. The first-order valence-corrected chi connectivity index (χ1v) is 15.3. The van der Waals surface area contributed by atoms with E-state index in [-0.39, 0.29) is 23.6 Å². The Morgan fingerprint density at radius 1 is 0.818 bits per heavy atom. The lowest BCUT2D eigenvalue weighted by Crippen LogP contribution is -2.50. The Labute approximate surface area is 264 Å². The van der Waals surface area contributed by atoms with Gasteiger partial charge in [0.25, 0.3) is 11.8 Å². The zero-order valence-electron chi connectivity index (χ0n) is 25.1. The SMILES string of the molecule is CCC(C(=O)N1CCN(c2ccc(NC(=O)c3ccccc3Cl)cc2C(=O)N(C)Cc2ccccc2)CC1)c1ccccc1. The fourth-order valence-electron chi connectivity index (χ4n) is 5.67. The van der Waals surface area contributed by atoms with E-state index >= 15 is 0 Å². The number of nitrogens with one attached hydrogen (secondary N) is 1. The van der Waals surface area contributed by atoms with Crippen LogP contribution in [0.25, 0.3) is 0 Å². The maximum atomic E-state index is 13.9. The molecule has 8 heteroatoms. The van der Waals surface area contributed by atoms with Crippen LogP contribution >= 0.6 is 11.6 Å². The van der Waals surface area contributed by atoms with Gasteiger partial charge in [0.15, 0.2) is 0 Å². The Kier molecular flexibility index (Phi) is 9.97. The second-order valence-corrected chi connectivity index (χ2v) is 11.4. The number of anilines is 2. The van der Waals surface area contributed by atoms with E-state index in [0.29, 0.717) is 54.6 Å². The summed E-state index contributed by atoms with van der Waals surface area (Å²) >= 11 is 6.25. The van der Waals surface area contributed by atoms with E-state index < -0.39 is 0 Å². The van der Waals surface area contributed by atoms with E-state index in [2.05, 4.69) is 10.2 Å². The highest BCUT2D eigenvalue weighted by Crippen LogP contribution is 2.29. The fraction of sp³-hybridized carbons (Fsp3) is 0.250. The molecule has 44 heavy (non-hydrogen) atoms. The molecule has 0 radical (unpaired) electrons. The second-order valence-electron chi connectivity index (χ2n) is 11.0. The lowest BCUT2D eigenvalue weighted by Gasteiger charge is -2.38. The van der Waals surface area contributed by atoms with Crippen molar-refractivity contribution in [3.05, 3.63) is 130 Å². The van der Waals surface area contributed by atoms with Gasteiger partial charge in [-0.1, -0.05) is 91.3 Å². The van der Waals surface area contributed by atoms with Gasteiger partial charge in [0.05, 0.1) is 22.1 Å². The van der Waals surface area contributed by atoms with Crippen molar-refractivity contribution >= 4 is 40.7 Å². The molecule has 0 saturated carbocycles. The average Bonchev–Trinajstić information content (AvgIpc) is 3.06. The van der Waals surface area contributed by atoms with Gasteiger partial charge in [-0.15, -0.1) is 0 Å². The lowest BCUT2D eigenvalue weighted by molar-refractivity contribution is -0.133. The Hall–Kier alpha value is -4.62. The summed E-state index contributed by atoms with van der Waals surface area (Å²) in [5.41, 5.74) is 4.16. The molecule has 0 aromatic heterocycles. The van der Waals surface area contributed by atoms with Crippen LogP contribution in [0.1, 0.15) is 51.1 Å². The normalized spacial score (nSPS) is 13.7. The molecule has 0 aliphatic carbocycles. The van der Waals surface area contributed by atoms with Crippen LogP contribution in [-0.2, 0) is 11.3 Å². The molecule has 1 unspecified atom stereocenters. The summed E-state index contributed by atoms with van der Waals surface area (Å²) in [6.45, 7) is 4.77. The highest BCUT2D eigenvalue weighted by atomic mass is 35.5. The molecular formula is C36H37ClN4O3. The van der Waals surface area contributed by atoms with Crippen molar-refractivity contribution < 1.29 is 14.4 Å². The highest BCUT2D eigenvalue weighted by molar-refractivity contribution is 6.34. The first-order chi connectivity index (χ1) is 21.4. The number of hydrogen-bond donors (Lipinski definition) is 1. The summed E-state index contributed by atoms with van der Waals surface area (Å²) in [6.07, 6.45) is 0.733. The maximum absolute atomic E-state index is 13.9. The minimum atomic E-state index is -0.351. The van der Waals surface area contributed by atoms with Crippen molar-refractivity contribution in [2.45, 2.75) is 25.8 Å². The molecule has 0 spiro atoms. The molecule has 7 nitrogen and oxygen atoms in total. The molecule has 4 aromatic rings. The number of nitrogens with zero attached hydrogens (tertiary/aromatic N) is 3. The topological polar surface area (TPSA) is 73.0 Å². The average molecular weight is 609 g/mol. The van der Waals surface area contributed by atoms with Crippen LogP contribution in [-0.4, -0.2) is 60.7 Å². The lowest BCUT2D eigenvalue weighted by atomic mass is 9.94. The number of halogens is 1. The molecule has 0 bridgehead atoms. The monoisotopic (exact) mass is 608 g/mol. The molecule has 226 valence electrons. The Balaban J connectivity index is 1.37. The summed E-state index contributed by atoms with van der Waals surface area (Å²) in [5.74, 6) is -0.552. The Morgan fingerprint density at radius 2 is 1.45 bits per heavy atom. The third kappa shape index (κ3) is 7.12. The molecule has 1 fully saturated rings. The second kappa shape index (κ2) is 14.2. The van der Waals surface area contributed by atoms with Crippen LogP contribution < -0.4 is 10.2 Å². The van der Waals surface area contributed by atoms with Crippen molar-refractivity contribution in [2.75, 3.05) is 43.4 Å². The largest absolute Gasteiger partial charge is 0.367 e. The van der Waals surface area contributed by atoms with Crippen LogP contribution in [0.4, 0.5) is 11.4 Å². The van der Waals surface area contributed by atoms with Gasteiger partial charge in [-0.2, -0.15) is 0 Å². The number of benzene rings is 4. The van der Waals surface area contributed by atoms with Gasteiger partial charge in [-0.05, 0) is 47.9 Å². The zero-order valence-corrected chi connectivity index (χ0v) is 25.8. The van der Waals surface area contributed by atoms with Gasteiger partial charge in [-0.3, -0.25) is 14.4 Å². The standard InChI is InChI=1S/C36H37ClN4O3/c1-3-29(27-14-8-5-9-15-27)36(44)41-22-20-40(21-23-41)33-19-18-28(38-34(42)30-16-10-11-17-32(30)37)24-31(33)35(43)39(2)25-26-12-6-4-7-13-26/h4-19,24,29H,3,20-23,25H2,1-2H3,(H,38,42). The fourth-order valence-corrected chi connectivity index (χ4v) is 5.89. The Bertz CT molecular complexity index is 1600. The molecular weight excluding hydrogens is 572 g/mol. The summed E-state index contributed by atoms with van der Waals surface area (Å²) in [4.78, 5) is 46.2. The van der Waals surface area contributed by atoms with Crippen molar-refractivity contribution in [1.82, 2.24) is 9.80 Å². The minimum absolute atomic E-state index is 0.134. The number of amides is 3. The van der Waals surface area contributed by atoms with Gasteiger partial charge in [0.2, 0.25) is 5.91 Å². The number of carbonyl (C=O) groups excluding carboxylic acids is 3. The van der Waals surface area contributed by atoms with E-state index in [1.165, 1.54) is 0 Å². The van der Waals surface area contributed by atoms with Gasteiger partial charge < -0.3 is 20.0 Å². The Morgan fingerprint density at radius 3 is 2.11 bits per heavy atom. The van der Waals surface area contributed by atoms with Crippen LogP contribution in [0.15, 0.2) is 103 Å². The van der Waals surface area contributed by atoms with E-state index in [4.69, 9.17) is 11.6 Å². The quantitative estimate of drug-likeness (QED) is 0.229. The van der Waals surface area contributed by atoms with Crippen molar-refractivity contribution in [3.63, 3.8) is 0 Å². The molecule has 1 aliphatic rings. The maximum Gasteiger partial charge on any atom is 0.257 e. The predicted molar refractivity (Wildman–Crippen MR) is 176 cm³/mol. The number of hydrogen-bond acceptors (Lipinski definition) is 4. The first kappa shape index (κ1) is 30.8. The van der Waals surface area contributed by atoms with Crippen LogP contribution in [0.5, 0.6) is 0 Å². The summed E-state index contributed by atoms with van der Waals surface area (Å²) < 4.78 is 0. The van der Waals surface area contributed by atoms with Gasteiger partial charge >= 0.3 is 0 Å².